The molecule has 1 aromatic carbocycles. The number of nitrogens with zero attached hydrogens (tertiary/aromatic N) is 5. The standard InChI is InChI=1S/C23H32N6O3Si/c1-23(2,3)33(4,5)32-19-17(25-11-15-9-7-6-8-10-15)16(12-30)31-22(19)29-14-28-18-20(24)26-13-27-21(18)29/h6-11,13-14,16-17,19,22,30H,12H2,1-5H3,(H2,24,26,27)/t16-,17-,19-,22-/m1/s1. The molecule has 0 saturated carbocycles. The van der Waals surface area contributed by atoms with Gasteiger partial charge in [0.2, 0.25) is 0 Å². The summed E-state index contributed by atoms with van der Waals surface area (Å²) in [6.07, 6.45) is 3.29. The molecule has 33 heavy (non-hydrogen) atoms. The molecule has 1 aliphatic rings. The summed E-state index contributed by atoms with van der Waals surface area (Å²) in [5.41, 5.74) is 8.03. The Balaban J connectivity index is 1.77. The third kappa shape index (κ3) is 4.56. The van der Waals surface area contributed by atoms with Crippen molar-refractivity contribution in [1.82, 2.24) is 19.5 Å². The second kappa shape index (κ2) is 8.94. The molecule has 3 N–H and O–H groups in total. The Bertz CT molecular complexity index is 1130. The zero-order valence-electron chi connectivity index (χ0n) is 19.7. The number of benzene rings is 1. The van der Waals surface area contributed by atoms with E-state index in [-0.39, 0.29) is 11.6 Å². The van der Waals surface area contributed by atoms with Crippen molar-refractivity contribution < 1.29 is 14.3 Å². The van der Waals surface area contributed by atoms with Crippen molar-refractivity contribution in [2.75, 3.05) is 12.3 Å². The lowest BCUT2D eigenvalue weighted by Gasteiger charge is -2.40. The van der Waals surface area contributed by atoms with Crippen LogP contribution in [0.3, 0.4) is 0 Å². The van der Waals surface area contributed by atoms with Crippen molar-refractivity contribution in [3.8, 4) is 0 Å². The van der Waals surface area contributed by atoms with E-state index in [1.54, 1.807) is 6.33 Å². The van der Waals surface area contributed by atoms with Gasteiger partial charge in [-0.15, -0.1) is 0 Å². The maximum atomic E-state index is 10.2. The summed E-state index contributed by atoms with van der Waals surface area (Å²) in [7, 11) is -2.22. The smallest absolute Gasteiger partial charge is 0.192 e. The number of hydrogen-bond donors (Lipinski definition) is 2. The van der Waals surface area contributed by atoms with E-state index in [1.807, 2.05) is 41.1 Å². The molecule has 3 heterocycles. The number of aromatic nitrogens is 4. The monoisotopic (exact) mass is 468 g/mol. The van der Waals surface area contributed by atoms with E-state index in [2.05, 4.69) is 48.8 Å². The molecule has 0 spiro atoms. The fourth-order valence-corrected chi connectivity index (χ4v) is 4.98. The molecule has 10 heteroatoms. The van der Waals surface area contributed by atoms with Crippen molar-refractivity contribution in [3.63, 3.8) is 0 Å². The van der Waals surface area contributed by atoms with Crippen LogP contribution in [0.4, 0.5) is 5.82 Å². The minimum absolute atomic E-state index is 0.0217. The predicted molar refractivity (Wildman–Crippen MR) is 131 cm³/mol. The number of rotatable bonds is 6. The van der Waals surface area contributed by atoms with Gasteiger partial charge in [0.25, 0.3) is 0 Å². The van der Waals surface area contributed by atoms with Crippen LogP contribution in [0.5, 0.6) is 0 Å². The van der Waals surface area contributed by atoms with Crippen LogP contribution in [-0.4, -0.2) is 64.0 Å². The van der Waals surface area contributed by atoms with Gasteiger partial charge in [-0.1, -0.05) is 51.1 Å². The summed E-state index contributed by atoms with van der Waals surface area (Å²) in [6, 6.07) is 9.44. The Kier molecular flexibility index (Phi) is 6.36. The number of imidazole rings is 1. The van der Waals surface area contributed by atoms with E-state index in [4.69, 9.17) is 19.9 Å². The average Bonchev–Trinajstić information content (AvgIpc) is 3.34. The van der Waals surface area contributed by atoms with Crippen LogP contribution in [0.15, 0.2) is 48.0 Å². The van der Waals surface area contributed by atoms with Gasteiger partial charge in [0.05, 0.1) is 12.9 Å². The van der Waals surface area contributed by atoms with Crippen molar-refractivity contribution in [1.29, 1.82) is 0 Å². The first-order valence-corrected chi connectivity index (χ1v) is 14.0. The molecular formula is C23H32N6O3Si. The van der Waals surface area contributed by atoms with Gasteiger partial charge in [-0.2, -0.15) is 0 Å². The van der Waals surface area contributed by atoms with Gasteiger partial charge in [-0.05, 0) is 23.7 Å². The maximum Gasteiger partial charge on any atom is 0.192 e. The molecule has 3 aromatic rings. The number of aliphatic hydroxyl groups is 1. The van der Waals surface area contributed by atoms with Crippen LogP contribution >= 0.6 is 0 Å². The quantitative estimate of drug-likeness (QED) is 0.421. The molecule has 1 saturated heterocycles. The van der Waals surface area contributed by atoms with E-state index >= 15 is 0 Å². The van der Waals surface area contributed by atoms with Crippen LogP contribution in [0.1, 0.15) is 32.6 Å². The van der Waals surface area contributed by atoms with Crippen molar-refractivity contribution in [3.05, 3.63) is 48.5 Å². The molecule has 4 atom stereocenters. The van der Waals surface area contributed by atoms with Crippen molar-refractivity contribution >= 4 is 31.5 Å². The predicted octanol–water partition coefficient (Wildman–Crippen LogP) is 3.18. The summed E-state index contributed by atoms with van der Waals surface area (Å²) < 4.78 is 15.0. The van der Waals surface area contributed by atoms with Crippen LogP contribution in [0.2, 0.25) is 18.1 Å². The second-order valence-corrected chi connectivity index (χ2v) is 14.6. The van der Waals surface area contributed by atoms with Crippen molar-refractivity contribution in [2.45, 2.75) is 63.4 Å². The van der Waals surface area contributed by atoms with Crippen molar-refractivity contribution in [2.24, 2.45) is 4.99 Å². The summed E-state index contributed by atoms with van der Waals surface area (Å²) in [5, 5.41) is 10.1. The van der Waals surface area contributed by atoms with E-state index in [0.717, 1.165) is 5.56 Å². The van der Waals surface area contributed by atoms with Gasteiger partial charge in [0.1, 0.15) is 30.1 Å². The van der Waals surface area contributed by atoms with Gasteiger partial charge >= 0.3 is 0 Å². The lowest BCUT2D eigenvalue weighted by atomic mass is 10.1. The minimum atomic E-state index is -2.22. The normalized spacial score (nSPS) is 24.2. The highest BCUT2D eigenvalue weighted by molar-refractivity contribution is 6.74. The third-order valence-corrected chi connectivity index (χ3v) is 11.1. The number of nitrogen functional groups attached to an aromatic ring is 1. The SMILES string of the molecule is CC(C)(C)[Si](C)(C)O[C@@H]1[C@H](N=Cc2ccccc2)[C@@H](CO)O[C@H]1n1cnc2c(N)ncnc21. The molecule has 0 bridgehead atoms. The number of anilines is 1. The molecule has 0 amide bonds. The number of ether oxygens (including phenoxy) is 1. The van der Waals surface area contributed by atoms with Gasteiger partial charge in [0, 0.05) is 6.21 Å². The minimum Gasteiger partial charge on any atom is -0.407 e. The van der Waals surface area contributed by atoms with E-state index < -0.39 is 32.8 Å². The first kappa shape index (κ1) is 23.5. The second-order valence-electron chi connectivity index (χ2n) is 9.85. The lowest BCUT2D eigenvalue weighted by Crippen LogP contribution is -2.48. The van der Waals surface area contributed by atoms with Crippen LogP contribution in [0.25, 0.3) is 11.2 Å². The van der Waals surface area contributed by atoms with Crippen LogP contribution in [-0.2, 0) is 9.16 Å². The molecule has 2 aromatic heterocycles. The first-order chi connectivity index (χ1) is 15.6. The number of hydrogen-bond acceptors (Lipinski definition) is 8. The first-order valence-electron chi connectivity index (χ1n) is 11.1. The Morgan fingerprint density at radius 1 is 1.21 bits per heavy atom. The lowest BCUT2D eigenvalue weighted by molar-refractivity contribution is -0.0462. The number of aliphatic imine (C=N–C) groups is 1. The summed E-state index contributed by atoms with van der Waals surface area (Å²) in [5.74, 6) is 0.302. The molecule has 0 radical (unpaired) electrons. The third-order valence-electron chi connectivity index (χ3n) is 6.59. The summed E-state index contributed by atoms with van der Waals surface area (Å²) >= 11 is 0. The Morgan fingerprint density at radius 3 is 2.61 bits per heavy atom. The highest BCUT2D eigenvalue weighted by Crippen LogP contribution is 2.43. The topological polar surface area (TPSA) is 121 Å². The van der Waals surface area contributed by atoms with E-state index in [1.165, 1.54) is 6.33 Å². The Morgan fingerprint density at radius 2 is 1.94 bits per heavy atom. The fraction of sp³-hybridized carbons (Fsp3) is 0.478. The highest BCUT2D eigenvalue weighted by Gasteiger charge is 2.51. The molecule has 9 nitrogen and oxygen atoms in total. The average molecular weight is 469 g/mol. The number of fused-ring (bicyclic) bond motifs is 1. The Labute approximate surface area is 194 Å². The zero-order valence-corrected chi connectivity index (χ0v) is 20.7. The summed E-state index contributed by atoms with van der Waals surface area (Å²) in [6.45, 7) is 10.8. The van der Waals surface area contributed by atoms with Gasteiger partial charge in [-0.3, -0.25) is 9.56 Å². The van der Waals surface area contributed by atoms with Crippen LogP contribution < -0.4 is 5.73 Å². The zero-order chi connectivity index (χ0) is 23.8. The number of nitrogens with two attached hydrogens (primary N) is 1. The maximum absolute atomic E-state index is 10.2. The largest absolute Gasteiger partial charge is 0.407 e. The van der Waals surface area contributed by atoms with E-state index in [0.29, 0.717) is 17.0 Å². The molecule has 0 unspecified atom stereocenters. The Hall–Kier alpha value is -2.66. The summed E-state index contributed by atoms with van der Waals surface area (Å²) in [4.78, 5) is 17.7. The molecular weight excluding hydrogens is 436 g/mol. The molecule has 4 rings (SSSR count). The van der Waals surface area contributed by atoms with E-state index in [9.17, 15) is 5.11 Å². The van der Waals surface area contributed by atoms with Gasteiger partial charge in [-0.25, -0.2) is 15.0 Å². The highest BCUT2D eigenvalue weighted by atomic mass is 28.4. The van der Waals surface area contributed by atoms with Gasteiger partial charge < -0.3 is 20.0 Å². The molecule has 1 aliphatic heterocycles. The fourth-order valence-electron chi connectivity index (χ4n) is 3.69. The molecule has 176 valence electrons. The molecule has 1 fully saturated rings. The van der Waals surface area contributed by atoms with Gasteiger partial charge in [0.15, 0.2) is 26.0 Å². The van der Waals surface area contributed by atoms with Crippen LogP contribution in [0, 0.1) is 0 Å². The molecule has 0 aliphatic carbocycles. The number of aliphatic hydroxyl groups excluding tert-OH is 1.